The topological polar surface area (TPSA) is 56.7 Å². The Morgan fingerprint density at radius 2 is 2.25 bits per heavy atom. The van der Waals surface area contributed by atoms with Gasteiger partial charge in [-0.3, -0.25) is 9.79 Å². The van der Waals surface area contributed by atoms with Crippen molar-refractivity contribution in [3.05, 3.63) is 29.8 Å². The van der Waals surface area contributed by atoms with Gasteiger partial charge in [-0.05, 0) is 18.1 Å². The molecule has 1 amide bonds. The van der Waals surface area contributed by atoms with Gasteiger partial charge in [0.05, 0.1) is 12.5 Å². The fourth-order valence-electron chi connectivity index (χ4n) is 2.61. The van der Waals surface area contributed by atoms with Crippen LogP contribution in [0.5, 0.6) is 0 Å². The van der Waals surface area contributed by atoms with Crippen molar-refractivity contribution in [2.24, 2.45) is 4.99 Å². The number of nitrogens with one attached hydrogen (secondary N) is 2. The summed E-state index contributed by atoms with van der Waals surface area (Å²) in [5.74, 6) is 0.993. The summed E-state index contributed by atoms with van der Waals surface area (Å²) in [4.78, 5) is 18.4. The molecular formula is C14H19IN4O. The molecule has 2 N–H and O–H groups in total. The normalized spacial score (nSPS) is 20.1. The number of carbonyl (C=O) groups is 1. The number of fused-ring (bicyclic) bond motifs is 1. The van der Waals surface area contributed by atoms with Crippen LogP contribution in [0.4, 0.5) is 5.69 Å². The maximum Gasteiger partial charge on any atom is 0.232 e. The van der Waals surface area contributed by atoms with Crippen molar-refractivity contribution < 1.29 is 4.79 Å². The molecule has 1 aromatic carbocycles. The van der Waals surface area contributed by atoms with Crippen LogP contribution in [0.25, 0.3) is 0 Å². The second kappa shape index (κ2) is 6.43. The molecule has 0 bridgehead atoms. The van der Waals surface area contributed by atoms with Crippen LogP contribution in [0.2, 0.25) is 0 Å². The molecule has 1 unspecified atom stereocenters. The van der Waals surface area contributed by atoms with E-state index in [1.54, 1.807) is 0 Å². The van der Waals surface area contributed by atoms with Crippen LogP contribution in [0, 0.1) is 0 Å². The van der Waals surface area contributed by atoms with Crippen molar-refractivity contribution >= 4 is 41.5 Å². The van der Waals surface area contributed by atoms with Gasteiger partial charge in [0.25, 0.3) is 0 Å². The summed E-state index contributed by atoms with van der Waals surface area (Å²) in [5, 5.41) is 6.23. The average molecular weight is 386 g/mol. The number of guanidine groups is 1. The maximum absolute atomic E-state index is 11.9. The van der Waals surface area contributed by atoms with Crippen LogP contribution in [-0.4, -0.2) is 43.4 Å². The van der Waals surface area contributed by atoms with Crippen LogP contribution < -0.4 is 10.6 Å². The lowest BCUT2D eigenvalue weighted by Crippen LogP contribution is -2.36. The molecule has 1 atom stereocenters. The number of hydrogen-bond donors (Lipinski definition) is 2. The number of rotatable bonds is 3. The molecule has 6 heteroatoms. The molecular weight excluding hydrogens is 367 g/mol. The van der Waals surface area contributed by atoms with Gasteiger partial charge in [0.1, 0.15) is 0 Å². The Kier molecular flexibility index (Phi) is 4.85. The second-order valence-electron chi connectivity index (χ2n) is 4.97. The van der Waals surface area contributed by atoms with E-state index in [0.717, 1.165) is 43.3 Å². The first-order chi connectivity index (χ1) is 9.25. The molecule has 20 heavy (non-hydrogen) atoms. The number of hydrogen-bond acceptors (Lipinski definition) is 4. The first-order valence-electron chi connectivity index (χ1n) is 6.65. The second-order valence-corrected chi connectivity index (χ2v) is 4.97. The zero-order valence-corrected chi connectivity index (χ0v) is 13.8. The fourth-order valence-corrected chi connectivity index (χ4v) is 2.61. The predicted octanol–water partition coefficient (Wildman–Crippen LogP) is 1.62. The molecule has 2 aliphatic rings. The number of aliphatic imine (C=N–C) groups is 1. The van der Waals surface area contributed by atoms with Gasteiger partial charge >= 0.3 is 0 Å². The highest BCUT2D eigenvalue weighted by atomic mass is 127. The molecule has 2 heterocycles. The van der Waals surface area contributed by atoms with Crippen molar-refractivity contribution in [3.8, 4) is 0 Å². The molecule has 3 rings (SSSR count). The van der Waals surface area contributed by atoms with Gasteiger partial charge in [-0.1, -0.05) is 18.2 Å². The smallest absolute Gasteiger partial charge is 0.232 e. The molecule has 0 aromatic heterocycles. The van der Waals surface area contributed by atoms with E-state index < -0.39 is 0 Å². The number of likely N-dealkylation sites (N-methyl/N-ethyl adjacent to an activating group) is 1. The van der Waals surface area contributed by atoms with E-state index in [0.29, 0.717) is 0 Å². The van der Waals surface area contributed by atoms with Crippen molar-refractivity contribution in [3.63, 3.8) is 0 Å². The minimum Gasteiger partial charge on any atom is -0.356 e. The standard InChI is InChI=1S/C14H18N4O.HI/c1-18-9-8-16-14(18)15-7-6-11-10-4-2-3-5-12(10)17-13(11)19;/h2-5,11H,6-9H2,1H3,(H,15,16)(H,17,19);1H. The van der Waals surface area contributed by atoms with E-state index in [9.17, 15) is 4.79 Å². The average Bonchev–Trinajstić information content (AvgIpc) is 2.94. The molecule has 2 aliphatic heterocycles. The Labute approximate surface area is 135 Å². The minimum absolute atomic E-state index is 0. The summed E-state index contributed by atoms with van der Waals surface area (Å²) in [6.07, 6.45) is 0.787. The number of para-hydroxylation sites is 1. The molecule has 0 spiro atoms. The number of carbonyl (C=O) groups excluding carboxylic acids is 1. The Morgan fingerprint density at radius 1 is 1.45 bits per heavy atom. The lowest BCUT2D eigenvalue weighted by Gasteiger charge is -2.16. The molecule has 0 saturated heterocycles. The Morgan fingerprint density at radius 3 is 3.00 bits per heavy atom. The summed E-state index contributed by atoms with van der Waals surface area (Å²) in [7, 11) is 2.02. The van der Waals surface area contributed by atoms with E-state index in [1.807, 2.05) is 31.3 Å². The third-order valence-electron chi connectivity index (χ3n) is 3.69. The summed E-state index contributed by atoms with van der Waals surface area (Å²) < 4.78 is 0. The third kappa shape index (κ3) is 2.89. The Bertz CT molecular complexity index is 532. The third-order valence-corrected chi connectivity index (χ3v) is 3.69. The predicted molar refractivity (Wildman–Crippen MR) is 90.8 cm³/mol. The zero-order chi connectivity index (χ0) is 13.2. The van der Waals surface area contributed by atoms with Gasteiger partial charge in [0, 0.05) is 25.8 Å². The Balaban J connectivity index is 0.00000147. The van der Waals surface area contributed by atoms with Crippen LogP contribution in [0.3, 0.4) is 0 Å². The van der Waals surface area contributed by atoms with Crippen molar-refractivity contribution in [1.82, 2.24) is 10.2 Å². The zero-order valence-electron chi connectivity index (χ0n) is 11.4. The van der Waals surface area contributed by atoms with Gasteiger partial charge in [0.2, 0.25) is 5.91 Å². The fraction of sp³-hybridized carbons (Fsp3) is 0.429. The van der Waals surface area contributed by atoms with E-state index in [1.165, 1.54) is 0 Å². The number of anilines is 1. The lowest BCUT2D eigenvalue weighted by atomic mass is 9.97. The number of benzene rings is 1. The highest BCUT2D eigenvalue weighted by Crippen LogP contribution is 2.33. The highest BCUT2D eigenvalue weighted by molar-refractivity contribution is 14.0. The summed E-state index contributed by atoms with van der Waals surface area (Å²) >= 11 is 0. The van der Waals surface area contributed by atoms with Gasteiger partial charge in [-0.25, -0.2) is 0 Å². The number of halogens is 1. The summed E-state index contributed by atoms with van der Waals surface area (Å²) in [5.41, 5.74) is 2.06. The molecule has 0 aliphatic carbocycles. The molecule has 0 fully saturated rings. The largest absolute Gasteiger partial charge is 0.356 e. The van der Waals surface area contributed by atoms with Gasteiger partial charge in [-0.2, -0.15) is 0 Å². The molecule has 0 radical (unpaired) electrons. The lowest BCUT2D eigenvalue weighted by molar-refractivity contribution is -0.117. The van der Waals surface area contributed by atoms with Crippen LogP contribution in [0.1, 0.15) is 17.9 Å². The van der Waals surface area contributed by atoms with E-state index in [4.69, 9.17) is 0 Å². The minimum atomic E-state index is -0.0454. The quantitative estimate of drug-likeness (QED) is 0.777. The van der Waals surface area contributed by atoms with Gasteiger partial charge < -0.3 is 15.5 Å². The molecule has 1 aromatic rings. The van der Waals surface area contributed by atoms with Gasteiger partial charge in [-0.15, -0.1) is 24.0 Å². The first kappa shape index (κ1) is 15.1. The molecule has 0 saturated carbocycles. The monoisotopic (exact) mass is 386 g/mol. The highest BCUT2D eigenvalue weighted by Gasteiger charge is 2.29. The van der Waals surface area contributed by atoms with Crippen molar-refractivity contribution in [2.75, 3.05) is 32.0 Å². The van der Waals surface area contributed by atoms with Gasteiger partial charge in [0.15, 0.2) is 5.96 Å². The molecule has 108 valence electrons. The maximum atomic E-state index is 11.9. The Hall–Kier alpha value is -1.31. The van der Waals surface area contributed by atoms with Crippen molar-refractivity contribution in [1.29, 1.82) is 0 Å². The molecule has 5 nitrogen and oxygen atoms in total. The number of nitrogens with zero attached hydrogens (tertiary/aromatic N) is 2. The van der Waals surface area contributed by atoms with Crippen molar-refractivity contribution in [2.45, 2.75) is 12.3 Å². The summed E-state index contributed by atoms with van der Waals surface area (Å²) in [6.45, 7) is 2.58. The van der Waals surface area contributed by atoms with E-state index in [2.05, 4.69) is 20.5 Å². The van der Waals surface area contributed by atoms with E-state index >= 15 is 0 Å². The summed E-state index contributed by atoms with van der Waals surface area (Å²) in [6, 6.07) is 7.91. The first-order valence-corrected chi connectivity index (χ1v) is 6.65. The SMILES string of the molecule is CN1CCN=C1NCCC1C(=O)Nc2ccccc21.I. The number of amides is 1. The van der Waals surface area contributed by atoms with Crippen LogP contribution in [-0.2, 0) is 4.79 Å². The van der Waals surface area contributed by atoms with Crippen LogP contribution >= 0.6 is 24.0 Å². The van der Waals surface area contributed by atoms with Crippen LogP contribution in [0.15, 0.2) is 29.3 Å². The van der Waals surface area contributed by atoms with E-state index in [-0.39, 0.29) is 35.8 Å².